The van der Waals surface area contributed by atoms with Crippen molar-refractivity contribution in [2.24, 2.45) is 0 Å². The van der Waals surface area contributed by atoms with E-state index < -0.39 is 0 Å². The molecule has 0 saturated carbocycles. The van der Waals surface area contributed by atoms with Crippen molar-refractivity contribution in [3.05, 3.63) is 36.2 Å². The second-order valence-corrected chi connectivity index (χ2v) is 4.54. The Morgan fingerprint density at radius 3 is 2.79 bits per heavy atom. The van der Waals surface area contributed by atoms with E-state index in [1.807, 2.05) is 30.3 Å². The predicted molar refractivity (Wildman–Crippen MR) is 72.4 cm³/mol. The molecule has 5 nitrogen and oxygen atoms in total. The lowest BCUT2D eigenvalue weighted by atomic mass is 10.2. The van der Waals surface area contributed by atoms with Crippen LogP contribution in [0.4, 0.5) is 0 Å². The molecule has 1 heterocycles. The Balaban J connectivity index is 1.78. The largest absolute Gasteiger partial charge is 0.419 e. The van der Waals surface area contributed by atoms with Crippen LogP contribution < -0.4 is 5.32 Å². The smallest absolute Gasteiger partial charge is 0.247 e. The van der Waals surface area contributed by atoms with Crippen LogP contribution in [-0.4, -0.2) is 28.0 Å². The third-order valence-electron chi connectivity index (χ3n) is 2.74. The molecule has 0 radical (unpaired) electrons. The van der Waals surface area contributed by atoms with Gasteiger partial charge in [-0.1, -0.05) is 18.2 Å². The Morgan fingerprint density at radius 2 is 2.05 bits per heavy atom. The molecule has 0 aliphatic rings. The van der Waals surface area contributed by atoms with Gasteiger partial charge in [0.05, 0.1) is 12.6 Å². The molecule has 0 amide bonds. The van der Waals surface area contributed by atoms with Crippen molar-refractivity contribution in [3.8, 4) is 11.5 Å². The quantitative estimate of drug-likeness (QED) is 0.746. The second kappa shape index (κ2) is 7.01. The van der Waals surface area contributed by atoms with E-state index in [1.54, 1.807) is 6.92 Å². The Hall–Kier alpha value is -1.72. The first-order valence-corrected chi connectivity index (χ1v) is 6.52. The van der Waals surface area contributed by atoms with E-state index >= 15 is 0 Å². The first-order chi connectivity index (χ1) is 9.25. The Labute approximate surface area is 112 Å². The van der Waals surface area contributed by atoms with Crippen molar-refractivity contribution < 1.29 is 9.52 Å². The van der Waals surface area contributed by atoms with Crippen LogP contribution in [0.1, 0.15) is 25.7 Å². The summed E-state index contributed by atoms with van der Waals surface area (Å²) in [5.41, 5.74) is 0.926. The molecular formula is C14H19N3O2. The minimum atomic E-state index is -0.241. The number of nitrogens with zero attached hydrogens (tertiary/aromatic N) is 2. The van der Waals surface area contributed by atoms with Gasteiger partial charge in [0.15, 0.2) is 0 Å². The molecule has 0 aliphatic carbocycles. The fourth-order valence-corrected chi connectivity index (χ4v) is 1.74. The molecule has 0 aliphatic heterocycles. The van der Waals surface area contributed by atoms with Crippen LogP contribution in [0.15, 0.2) is 34.7 Å². The summed E-state index contributed by atoms with van der Waals surface area (Å²) < 4.78 is 5.56. The van der Waals surface area contributed by atoms with E-state index in [4.69, 9.17) is 9.52 Å². The summed E-state index contributed by atoms with van der Waals surface area (Å²) in [4.78, 5) is 0. The van der Waals surface area contributed by atoms with E-state index in [9.17, 15) is 0 Å². The summed E-state index contributed by atoms with van der Waals surface area (Å²) >= 11 is 0. The molecule has 0 fully saturated rings. The zero-order chi connectivity index (χ0) is 13.5. The van der Waals surface area contributed by atoms with Gasteiger partial charge >= 0.3 is 0 Å². The molecule has 0 bridgehead atoms. The van der Waals surface area contributed by atoms with E-state index in [0.717, 1.165) is 24.9 Å². The molecule has 2 rings (SSSR count). The van der Waals surface area contributed by atoms with Crippen molar-refractivity contribution in [2.75, 3.05) is 6.54 Å². The lowest BCUT2D eigenvalue weighted by molar-refractivity contribution is 0.181. The predicted octanol–water partition coefficient (Wildman–Crippen LogP) is 1.99. The van der Waals surface area contributed by atoms with E-state index in [0.29, 0.717) is 18.3 Å². The van der Waals surface area contributed by atoms with Gasteiger partial charge in [-0.3, -0.25) is 0 Å². The Kier molecular flexibility index (Phi) is 5.06. The molecular weight excluding hydrogens is 242 g/mol. The average Bonchev–Trinajstić information content (AvgIpc) is 2.88. The number of hydrogen-bond acceptors (Lipinski definition) is 5. The summed E-state index contributed by atoms with van der Waals surface area (Å²) in [7, 11) is 0. The molecule has 2 aromatic rings. The minimum absolute atomic E-state index is 0.241. The maximum atomic E-state index is 9.13. The van der Waals surface area contributed by atoms with Gasteiger partial charge in [-0.15, -0.1) is 10.2 Å². The number of hydrogen-bond donors (Lipinski definition) is 2. The number of aliphatic hydroxyl groups is 1. The van der Waals surface area contributed by atoms with E-state index in [-0.39, 0.29) is 6.10 Å². The van der Waals surface area contributed by atoms with Gasteiger partial charge in [0.1, 0.15) is 0 Å². The second-order valence-electron chi connectivity index (χ2n) is 4.54. The SMILES string of the molecule is CC(O)CCCNCc1nnc(-c2ccccc2)o1. The van der Waals surface area contributed by atoms with Crippen molar-refractivity contribution in [3.63, 3.8) is 0 Å². The summed E-state index contributed by atoms with van der Waals surface area (Å²) in [6.45, 7) is 3.18. The number of nitrogens with one attached hydrogen (secondary N) is 1. The molecule has 1 aromatic heterocycles. The van der Waals surface area contributed by atoms with Crippen LogP contribution in [0, 0.1) is 0 Å². The van der Waals surface area contributed by atoms with Crippen LogP contribution >= 0.6 is 0 Å². The summed E-state index contributed by atoms with van der Waals surface area (Å²) in [5.74, 6) is 1.12. The summed E-state index contributed by atoms with van der Waals surface area (Å²) in [6.07, 6.45) is 1.48. The lowest BCUT2D eigenvalue weighted by Crippen LogP contribution is -2.16. The first-order valence-electron chi connectivity index (χ1n) is 6.52. The highest BCUT2D eigenvalue weighted by Gasteiger charge is 2.07. The number of rotatable bonds is 7. The fourth-order valence-electron chi connectivity index (χ4n) is 1.74. The zero-order valence-electron chi connectivity index (χ0n) is 11.0. The van der Waals surface area contributed by atoms with Crippen LogP contribution in [0.3, 0.4) is 0 Å². The summed E-state index contributed by atoms with van der Waals surface area (Å²) in [6, 6.07) is 9.70. The lowest BCUT2D eigenvalue weighted by Gasteiger charge is -2.03. The van der Waals surface area contributed by atoms with Crippen molar-refractivity contribution >= 4 is 0 Å². The Morgan fingerprint density at radius 1 is 1.26 bits per heavy atom. The average molecular weight is 261 g/mol. The molecule has 1 atom stereocenters. The standard InChI is InChI=1S/C14H19N3O2/c1-11(18)6-5-9-15-10-13-16-17-14(19-13)12-7-3-2-4-8-12/h2-4,7-8,11,15,18H,5-6,9-10H2,1H3. The van der Waals surface area contributed by atoms with Crippen molar-refractivity contribution in [1.29, 1.82) is 0 Å². The molecule has 0 saturated heterocycles. The number of benzene rings is 1. The van der Waals surface area contributed by atoms with Gasteiger partial charge < -0.3 is 14.8 Å². The van der Waals surface area contributed by atoms with E-state index in [2.05, 4.69) is 15.5 Å². The van der Waals surface area contributed by atoms with Gasteiger partial charge in [0, 0.05) is 5.56 Å². The van der Waals surface area contributed by atoms with Gasteiger partial charge in [-0.05, 0) is 38.4 Å². The highest BCUT2D eigenvalue weighted by Crippen LogP contribution is 2.16. The molecule has 19 heavy (non-hydrogen) atoms. The van der Waals surface area contributed by atoms with Crippen LogP contribution in [-0.2, 0) is 6.54 Å². The number of aromatic nitrogens is 2. The minimum Gasteiger partial charge on any atom is -0.419 e. The first kappa shape index (κ1) is 13.7. The van der Waals surface area contributed by atoms with Crippen LogP contribution in [0.2, 0.25) is 0 Å². The summed E-state index contributed by atoms with van der Waals surface area (Å²) in [5, 5.41) is 20.4. The van der Waals surface area contributed by atoms with Crippen LogP contribution in [0.25, 0.3) is 11.5 Å². The van der Waals surface area contributed by atoms with Crippen molar-refractivity contribution in [1.82, 2.24) is 15.5 Å². The van der Waals surface area contributed by atoms with Gasteiger partial charge in [-0.2, -0.15) is 0 Å². The molecule has 0 spiro atoms. The molecule has 2 N–H and O–H groups in total. The van der Waals surface area contributed by atoms with E-state index in [1.165, 1.54) is 0 Å². The van der Waals surface area contributed by atoms with Crippen LogP contribution in [0.5, 0.6) is 0 Å². The monoisotopic (exact) mass is 261 g/mol. The zero-order valence-corrected chi connectivity index (χ0v) is 11.0. The normalized spacial score (nSPS) is 12.5. The maximum absolute atomic E-state index is 9.13. The molecule has 1 unspecified atom stereocenters. The third kappa shape index (κ3) is 4.46. The van der Waals surface area contributed by atoms with Gasteiger partial charge in [0.2, 0.25) is 11.8 Å². The molecule has 1 aromatic carbocycles. The third-order valence-corrected chi connectivity index (χ3v) is 2.74. The van der Waals surface area contributed by atoms with Crippen molar-refractivity contribution in [2.45, 2.75) is 32.4 Å². The maximum Gasteiger partial charge on any atom is 0.247 e. The number of aliphatic hydroxyl groups excluding tert-OH is 1. The highest BCUT2D eigenvalue weighted by atomic mass is 16.4. The van der Waals surface area contributed by atoms with Gasteiger partial charge in [-0.25, -0.2) is 0 Å². The molecule has 102 valence electrons. The molecule has 5 heteroatoms. The topological polar surface area (TPSA) is 71.2 Å². The highest BCUT2D eigenvalue weighted by molar-refractivity contribution is 5.51. The Bertz CT molecular complexity index is 482. The fraction of sp³-hybridized carbons (Fsp3) is 0.429. The van der Waals surface area contributed by atoms with Gasteiger partial charge in [0.25, 0.3) is 0 Å².